The zero-order chi connectivity index (χ0) is 18.5. The van der Waals surface area contributed by atoms with Crippen molar-refractivity contribution in [3.05, 3.63) is 42.0 Å². The van der Waals surface area contributed by atoms with Crippen molar-refractivity contribution in [2.24, 2.45) is 4.99 Å². The molecule has 1 aliphatic heterocycles. The van der Waals surface area contributed by atoms with Gasteiger partial charge in [-0.2, -0.15) is 5.10 Å². The summed E-state index contributed by atoms with van der Waals surface area (Å²) in [6.45, 7) is 4.33. The van der Waals surface area contributed by atoms with Crippen LogP contribution in [0.25, 0.3) is 0 Å². The third-order valence-electron chi connectivity index (χ3n) is 5.22. The van der Waals surface area contributed by atoms with Gasteiger partial charge in [0, 0.05) is 24.6 Å². The number of hydrogen-bond donors (Lipinski definition) is 2. The fourth-order valence-corrected chi connectivity index (χ4v) is 3.45. The van der Waals surface area contributed by atoms with Gasteiger partial charge in [0.15, 0.2) is 5.96 Å². The Morgan fingerprint density at radius 2 is 2.19 bits per heavy atom. The van der Waals surface area contributed by atoms with Crippen molar-refractivity contribution in [3.8, 4) is 5.75 Å². The molecule has 1 atom stereocenters. The van der Waals surface area contributed by atoms with E-state index in [1.54, 1.807) is 6.33 Å². The number of nitrogens with zero attached hydrogens (tertiary/aromatic N) is 4. The Morgan fingerprint density at radius 1 is 1.30 bits per heavy atom. The molecule has 0 amide bonds. The van der Waals surface area contributed by atoms with Gasteiger partial charge in [0.05, 0.1) is 19.2 Å². The molecule has 1 fully saturated rings. The van der Waals surface area contributed by atoms with Crippen molar-refractivity contribution in [2.75, 3.05) is 6.54 Å². The Bertz CT molecular complexity index is 782. The van der Waals surface area contributed by atoms with Crippen LogP contribution in [0.3, 0.4) is 0 Å². The number of para-hydroxylation sites is 1. The van der Waals surface area contributed by atoms with E-state index in [1.807, 2.05) is 16.8 Å². The first-order valence-electron chi connectivity index (χ1n) is 9.98. The number of nitrogens with one attached hydrogen (secondary N) is 2. The highest BCUT2D eigenvalue weighted by Crippen LogP contribution is 2.27. The molecule has 1 unspecified atom stereocenters. The highest BCUT2D eigenvalue weighted by molar-refractivity contribution is 5.80. The molecule has 2 aliphatic rings. The van der Waals surface area contributed by atoms with Crippen LogP contribution in [-0.2, 0) is 19.5 Å². The molecule has 1 aliphatic carbocycles. The second-order valence-electron chi connectivity index (χ2n) is 7.21. The first-order valence-corrected chi connectivity index (χ1v) is 9.98. The third kappa shape index (κ3) is 4.40. The van der Waals surface area contributed by atoms with Crippen LogP contribution in [0.1, 0.15) is 44.0 Å². The van der Waals surface area contributed by atoms with Crippen molar-refractivity contribution in [3.63, 3.8) is 0 Å². The summed E-state index contributed by atoms with van der Waals surface area (Å²) in [5.74, 6) is 2.87. The lowest BCUT2D eigenvalue weighted by atomic mass is 9.96. The first kappa shape index (κ1) is 17.8. The van der Waals surface area contributed by atoms with Crippen LogP contribution in [0.5, 0.6) is 5.75 Å². The second-order valence-corrected chi connectivity index (χ2v) is 7.21. The van der Waals surface area contributed by atoms with Crippen LogP contribution in [0.4, 0.5) is 0 Å². The van der Waals surface area contributed by atoms with Crippen LogP contribution >= 0.6 is 0 Å². The van der Waals surface area contributed by atoms with Gasteiger partial charge in [-0.05, 0) is 38.7 Å². The summed E-state index contributed by atoms with van der Waals surface area (Å²) in [6.07, 6.45) is 7.58. The molecule has 0 saturated heterocycles. The second kappa shape index (κ2) is 8.41. The Balaban J connectivity index is 1.41. The van der Waals surface area contributed by atoms with Crippen molar-refractivity contribution in [1.29, 1.82) is 0 Å². The van der Waals surface area contributed by atoms with Crippen molar-refractivity contribution in [1.82, 2.24) is 25.4 Å². The summed E-state index contributed by atoms with van der Waals surface area (Å²) in [4.78, 5) is 9.09. The van der Waals surface area contributed by atoms with Crippen molar-refractivity contribution in [2.45, 2.75) is 64.3 Å². The topological polar surface area (TPSA) is 76.4 Å². The number of guanidine groups is 1. The van der Waals surface area contributed by atoms with E-state index in [4.69, 9.17) is 9.73 Å². The number of aromatic nitrogens is 3. The number of aliphatic imine (C=N–C) groups is 1. The normalized spacial score (nSPS) is 19.9. The molecule has 4 rings (SSSR count). The summed E-state index contributed by atoms with van der Waals surface area (Å²) >= 11 is 0. The minimum atomic E-state index is 0.304. The van der Waals surface area contributed by atoms with E-state index in [0.29, 0.717) is 18.7 Å². The summed E-state index contributed by atoms with van der Waals surface area (Å²) in [5, 5.41) is 11.2. The Hall–Kier alpha value is -2.57. The minimum Gasteiger partial charge on any atom is -0.490 e. The third-order valence-corrected chi connectivity index (χ3v) is 5.22. The molecule has 2 heterocycles. The smallest absolute Gasteiger partial charge is 0.191 e. The lowest BCUT2D eigenvalue weighted by Crippen LogP contribution is -2.47. The molecule has 2 N–H and O–H groups in total. The summed E-state index contributed by atoms with van der Waals surface area (Å²) in [7, 11) is 0. The van der Waals surface area contributed by atoms with Gasteiger partial charge in [0.25, 0.3) is 0 Å². The molecular weight excluding hydrogens is 340 g/mol. The van der Waals surface area contributed by atoms with Gasteiger partial charge >= 0.3 is 0 Å². The molecule has 7 heteroatoms. The van der Waals surface area contributed by atoms with Gasteiger partial charge in [-0.25, -0.2) is 14.7 Å². The maximum Gasteiger partial charge on any atom is 0.191 e. The average molecular weight is 368 g/mol. The largest absolute Gasteiger partial charge is 0.490 e. The van der Waals surface area contributed by atoms with E-state index < -0.39 is 0 Å². The highest BCUT2D eigenvalue weighted by atomic mass is 16.5. The molecule has 27 heavy (non-hydrogen) atoms. The van der Waals surface area contributed by atoms with E-state index in [0.717, 1.165) is 61.9 Å². The zero-order valence-corrected chi connectivity index (χ0v) is 15.9. The monoisotopic (exact) mass is 368 g/mol. The van der Waals surface area contributed by atoms with Crippen LogP contribution in [-0.4, -0.2) is 39.4 Å². The zero-order valence-electron chi connectivity index (χ0n) is 15.9. The van der Waals surface area contributed by atoms with Gasteiger partial charge in [-0.1, -0.05) is 18.2 Å². The standard InChI is InChI=1S/C20H28N6O/c1-2-21-20(25-16-10-11-19-23-14-24-26(19)13-16)22-12-15-6-3-4-9-18(15)27-17-7-5-8-17/h3-4,6,9,14,16-17H,2,5,7-8,10-13H2,1H3,(H2,21,22,25). The molecule has 1 aromatic carbocycles. The van der Waals surface area contributed by atoms with E-state index >= 15 is 0 Å². The fourth-order valence-electron chi connectivity index (χ4n) is 3.45. The molecule has 1 saturated carbocycles. The number of ether oxygens (including phenoxy) is 1. The van der Waals surface area contributed by atoms with E-state index in [-0.39, 0.29) is 0 Å². The Labute approximate surface area is 160 Å². The predicted molar refractivity (Wildman–Crippen MR) is 105 cm³/mol. The lowest BCUT2D eigenvalue weighted by Gasteiger charge is -2.27. The molecule has 0 radical (unpaired) electrons. The SMILES string of the molecule is CCNC(=NCc1ccccc1OC1CCC1)NC1CCc2ncnn2C1. The van der Waals surface area contributed by atoms with Crippen LogP contribution in [0.15, 0.2) is 35.6 Å². The lowest BCUT2D eigenvalue weighted by molar-refractivity contribution is 0.119. The summed E-state index contributed by atoms with van der Waals surface area (Å²) < 4.78 is 8.10. The maximum absolute atomic E-state index is 6.13. The predicted octanol–water partition coefficient (Wildman–Crippen LogP) is 2.28. The van der Waals surface area contributed by atoms with E-state index in [2.05, 4.69) is 39.8 Å². The van der Waals surface area contributed by atoms with Crippen molar-refractivity contribution < 1.29 is 4.74 Å². The highest BCUT2D eigenvalue weighted by Gasteiger charge is 2.21. The van der Waals surface area contributed by atoms with Gasteiger partial charge in [0.2, 0.25) is 0 Å². The van der Waals surface area contributed by atoms with Gasteiger partial charge < -0.3 is 15.4 Å². The molecule has 7 nitrogen and oxygen atoms in total. The van der Waals surface area contributed by atoms with Gasteiger partial charge in [-0.3, -0.25) is 0 Å². The van der Waals surface area contributed by atoms with Gasteiger partial charge in [-0.15, -0.1) is 0 Å². The Morgan fingerprint density at radius 3 is 3.00 bits per heavy atom. The first-order chi connectivity index (χ1) is 13.3. The molecule has 0 bridgehead atoms. The summed E-state index contributed by atoms with van der Waals surface area (Å²) in [6, 6.07) is 8.54. The van der Waals surface area contributed by atoms with Crippen LogP contribution < -0.4 is 15.4 Å². The van der Waals surface area contributed by atoms with Crippen molar-refractivity contribution >= 4 is 5.96 Å². The number of rotatable bonds is 6. The molecular formula is C20H28N6O. The average Bonchev–Trinajstić information content (AvgIpc) is 3.11. The quantitative estimate of drug-likeness (QED) is 0.604. The van der Waals surface area contributed by atoms with E-state index in [9.17, 15) is 0 Å². The number of fused-ring (bicyclic) bond motifs is 1. The molecule has 144 valence electrons. The van der Waals surface area contributed by atoms with Crippen LogP contribution in [0.2, 0.25) is 0 Å². The number of hydrogen-bond acceptors (Lipinski definition) is 4. The number of benzene rings is 1. The maximum atomic E-state index is 6.13. The molecule has 1 aromatic heterocycles. The number of aryl methyl sites for hydroxylation is 1. The fraction of sp³-hybridized carbons (Fsp3) is 0.550. The molecule has 2 aromatic rings. The van der Waals surface area contributed by atoms with Crippen LogP contribution in [0, 0.1) is 0 Å². The summed E-state index contributed by atoms with van der Waals surface area (Å²) in [5.41, 5.74) is 1.13. The minimum absolute atomic E-state index is 0.304. The Kier molecular flexibility index (Phi) is 5.55. The van der Waals surface area contributed by atoms with Gasteiger partial charge in [0.1, 0.15) is 17.9 Å². The van der Waals surface area contributed by atoms with E-state index in [1.165, 1.54) is 6.42 Å². The molecule has 0 spiro atoms.